The molecule has 0 heterocycles. The number of hydrogen-bond acceptors (Lipinski definition) is 4. The monoisotopic (exact) mass is 388 g/mol. The van der Waals surface area contributed by atoms with Gasteiger partial charge in [-0.2, -0.15) is 0 Å². The van der Waals surface area contributed by atoms with Crippen molar-refractivity contribution in [3.05, 3.63) is 58.6 Å². The minimum Gasteiger partial charge on any atom is -0.489 e. The second kappa shape index (κ2) is 9.42. The number of Topliss-reactive ketones (excluding diaryl/α,β-unsaturated/α-hetero) is 1. The summed E-state index contributed by atoms with van der Waals surface area (Å²) in [6.07, 6.45) is 0.719. The Labute approximate surface area is 164 Å². The van der Waals surface area contributed by atoms with Gasteiger partial charge in [-0.15, -0.1) is 0 Å². The maximum atomic E-state index is 12.6. The van der Waals surface area contributed by atoms with Crippen LogP contribution < -0.4 is 15.8 Å². The SMILES string of the molecule is CCC(=O)C(Cc1ccc(N)cc1)NC(=O)c1ccc(OC(C)C)c(Cl)c1. The molecule has 1 atom stereocenters. The van der Waals surface area contributed by atoms with Gasteiger partial charge in [0.05, 0.1) is 17.2 Å². The highest BCUT2D eigenvalue weighted by Gasteiger charge is 2.21. The van der Waals surface area contributed by atoms with Crippen LogP contribution in [0.1, 0.15) is 43.1 Å². The van der Waals surface area contributed by atoms with Gasteiger partial charge < -0.3 is 15.8 Å². The molecule has 0 saturated heterocycles. The Balaban J connectivity index is 2.14. The molecule has 5 nitrogen and oxygen atoms in total. The topological polar surface area (TPSA) is 81.4 Å². The standard InChI is InChI=1S/C21H25ClN2O3/c1-4-19(25)18(11-14-5-8-16(23)9-6-14)24-21(26)15-7-10-20(17(22)12-15)27-13(2)3/h5-10,12-13,18H,4,11,23H2,1-3H3,(H,24,26). The van der Waals surface area contributed by atoms with Crippen LogP contribution in [0.15, 0.2) is 42.5 Å². The maximum absolute atomic E-state index is 12.6. The summed E-state index contributed by atoms with van der Waals surface area (Å²) in [6.45, 7) is 5.57. The van der Waals surface area contributed by atoms with E-state index in [1.54, 1.807) is 37.3 Å². The molecule has 27 heavy (non-hydrogen) atoms. The number of anilines is 1. The minimum atomic E-state index is -0.614. The van der Waals surface area contributed by atoms with Gasteiger partial charge in [-0.05, 0) is 56.2 Å². The predicted molar refractivity (Wildman–Crippen MR) is 108 cm³/mol. The van der Waals surface area contributed by atoms with Crippen molar-refractivity contribution in [2.75, 3.05) is 5.73 Å². The molecule has 0 fully saturated rings. The summed E-state index contributed by atoms with van der Waals surface area (Å²) in [7, 11) is 0. The molecule has 1 amide bonds. The van der Waals surface area contributed by atoms with Crippen LogP contribution >= 0.6 is 11.6 Å². The van der Waals surface area contributed by atoms with Gasteiger partial charge in [0.2, 0.25) is 0 Å². The molecule has 3 N–H and O–H groups in total. The number of nitrogens with two attached hydrogens (primary N) is 1. The fraction of sp³-hybridized carbons (Fsp3) is 0.333. The molecule has 1 unspecified atom stereocenters. The molecule has 0 spiro atoms. The summed E-state index contributed by atoms with van der Waals surface area (Å²) < 4.78 is 5.58. The number of ether oxygens (including phenoxy) is 1. The Bertz CT molecular complexity index is 804. The van der Waals surface area contributed by atoms with Crippen molar-refractivity contribution >= 4 is 29.0 Å². The highest BCUT2D eigenvalue weighted by molar-refractivity contribution is 6.32. The molecule has 2 rings (SSSR count). The van der Waals surface area contributed by atoms with Crippen molar-refractivity contribution in [1.82, 2.24) is 5.32 Å². The molecule has 0 radical (unpaired) electrons. The number of rotatable bonds is 8. The van der Waals surface area contributed by atoms with Gasteiger partial charge in [-0.3, -0.25) is 9.59 Å². The summed E-state index contributed by atoms with van der Waals surface area (Å²) in [5.74, 6) is 0.132. The van der Waals surface area contributed by atoms with Crippen molar-refractivity contribution in [1.29, 1.82) is 0 Å². The Hall–Kier alpha value is -2.53. The van der Waals surface area contributed by atoms with Crippen molar-refractivity contribution in [3.63, 3.8) is 0 Å². The smallest absolute Gasteiger partial charge is 0.251 e. The van der Waals surface area contributed by atoms with Crippen LogP contribution in [-0.4, -0.2) is 23.8 Å². The van der Waals surface area contributed by atoms with Crippen molar-refractivity contribution < 1.29 is 14.3 Å². The zero-order valence-electron chi connectivity index (χ0n) is 15.8. The van der Waals surface area contributed by atoms with Gasteiger partial charge in [0.25, 0.3) is 5.91 Å². The predicted octanol–water partition coefficient (Wildman–Crippen LogP) is 4.03. The molecule has 144 valence electrons. The maximum Gasteiger partial charge on any atom is 0.251 e. The Kier molecular flexibility index (Phi) is 7.25. The normalized spacial score (nSPS) is 11.9. The number of nitrogens with one attached hydrogen (secondary N) is 1. The van der Waals surface area contributed by atoms with Crippen LogP contribution in [0.25, 0.3) is 0 Å². The third-order valence-electron chi connectivity index (χ3n) is 4.02. The average molecular weight is 389 g/mol. The number of benzene rings is 2. The number of carbonyl (C=O) groups excluding carboxylic acids is 2. The van der Waals surface area contributed by atoms with E-state index in [-0.39, 0.29) is 17.8 Å². The third-order valence-corrected chi connectivity index (χ3v) is 4.31. The Morgan fingerprint density at radius 1 is 1.15 bits per heavy atom. The number of ketones is 1. The molecule has 2 aromatic carbocycles. The molecule has 6 heteroatoms. The van der Waals surface area contributed by atoms with Gasteiger partial charge in [-0.25, -0.2) is 0 Å². The van der Waals surface area contributed by atoms with E-state index in [9.17, 15) is 9.59 Å². The Morgan fingerprint density at radius 2 is 1.81 bits per heavy atom. The minimum absolute atomic E-state index is 0.0198. The van der Waals surface area contributed by atoms with E-state index < -0.39 is 6.04 Å². The number of amides is 1. The summed E-state index contributed by atoms with van der Waals surface area (Å²) in [5.41, 5.74) is 7.65. The van der Waals surface area contributed by atoms with E-state index in [2.05, 4.69) is 5.32 Å². The lowest BCUT2D eigenvalue weighted by atomic mass is 10.00. The number of hydrogen-bond donors (Lipinski definition) is 2. The number of nitrogen functional groups attached to an aromatic ring is 1. The summed E-state index contributed by atoms with van der Waals surface area (Å²) in [4.78, 5) is 24.9. The van der Waals surface area contributed by atoms with Crippen molar-refractivity contribution in [2.45, 2.75) is 45.8 Å². The molecule has 2 aromatic rings. The van der Waals surface area contributed by atoms with Gasteiger partial charge in [-0.1, -0.05) is 30.7 Å². The van der Waals surface area contributed by atoms with E-state index in [1.807, 2.05) is 26.0 Å². The number of halogens is 1. The largest absolute Gasteiger partial charge is 0.489 e. The van der Waals surface area contributed by atoms with E-state index in [1.165, 1.54) is 0 Å². The van der Waals surface area contributed by atoms with Crippen molar-refractivity contribution in [3.8, 4) is 5.75 Å². The molecular formula is C21H25ClN2O3. The van der Waals surface area contributed by atoms with Gasteiger partial charge >= 0.3 is 0 Å². The average Bonchev–Trinajstić information content (AvgIpc) is 2.63. The fourth-order valence-electron chi connectivity index (χ4n) is 2.61. The van der Waals surface area contributed by atoms with Gasteiger partial charge in [0, 0.05) is 17.7 Å². The van der Waals surface area contributed by atoms with E-state index >= 15 is 0 Å². The zero-order chi connectivity index (χ0) is 20.0. The number of carbonyl (C=O) groups is 2. The third kappa shape index (κ3) is 6.00. The Morgan fingerprint density at radius 3 is 2.37 bits per heavy atom. The van der Waals surface area contributed by atoms with Crippen LogP contribution in [0.3, 0.4) is 0 Å². The van der Waals surface area contributed by atoms with E-state index in [4.69, 9.17) is 22.1 Å². The molecule has 0 bridgehead atoms. The fourth-order valence-corrected chi connectivity index (χ4v) is 2.84. The first kappa shape index (κ1) is 20.8. The van der Waals surface area contributed by atoms with Gasteiger partial charge in [0.1, 0.15) is 5.75 Å². The molecule has 0 aromatic heterocycles. The first-order valence-electron chi connectivity index (χ1n) is 8.94. The van der Waals surface area contributed by atoms with Crippen LogP contribution in [0.5, 0.6) is 5.75 Å². The summed E-state index contributed by atoms with van der Waals surface area (Å²) in [6, 6.07) is 11.5. The molecule has 0 saturated carbocycles. The van der Waals surface area contributed by atoms with Crippen LogP contribution in [0, 0.1) is 0 Å². The van der Waals surface area contributed by atoms with E-state index in [0.29, 0.717) is 34.9 Å². The van der Waals surface area contributed by atoms with Crippen LogP contribution in [-0.2, 0) is 11.2 Å². The highest BCUT2D eigenvalue weighted by atomic mass is 35.5. The van der Waals surface area contributed by atoms with E-state index in [0.717, 1.165) is 5.56 Å². The van der Waals surface area contributed by atoms with Crippen LogP contribution in [0.4, 0.5) is 5.69 Å². The first-order valence-corrected chi connectivity index (χ1v) is 9.32. The molecular weight excluding hydrogens is 364 g/mol. The molecule has 0 aliphatic carbocycles. The second-order valence-electron chi connectivity index (χ2n) is 6.60. The van der Waals surface area contributed by atoms with Gasteiger partial charge in [0.15, 0.2) is 5.78 Å². The second-order valence-corrected chi connectivity index (χ2v) is 7.01. The van der Waals surface area contributed by atoms with Crippen molar-refractivity contribution in [2.24, 2.45) is 0 Å². The lowest BCUT2D eigenvalue weighted by Crippen LogP contribution is -2.42. The van der Waals surface area contributed by atoms with Crippen LogP contribution in [0.2, 0.25) is 5.02 Å². The highest BCUT2D eigenvalue weighted by Crippen LogP contribution is 2.26. The lowest BCUT2D eigenvalue weighted by Gasteiger charge is -2.18. The molecule has 0 aliphatic rings. The first-order chi connectivity index (χ1) is 12.8. The lowest BCUT2D eigenvalue weighted by molar-refractivity contribution is -0.120. The summed E-state index contributed by atoms with van der Waals surface area (Å²) >= 11 is 6.20. The summed E-state index contributed by atoms with van der Waals surface area (Å²) in [5, 5.41) is 3.17. The zero-order valence-corrected chi connectivity index (χ0v) is 16.5. The quantitative estimate of drug-likeness (QED) is 0.669. The molecule has 0 aliphatic heterocycles.